The standard InChI is InChI=1S/C21H25N5O3.C2HF3O2.CH4/c1-27-17-10-13-9-14-19(24-5-8-26-6-3-4-7-26)15(12-22)20(23)25-21(14)29-16(13)11-18(17)28-2;3-2(4,5)1(6)7;/h10-11H,3-9H2,1-2H3,(H3,23,24,25);(H,6,7);1H4. The molecule has 2 aliphatic rings. The fraction of sp³-hybridized carbons (Fsp3) is 0.458. The predicted molar refractivity (Wildman–Crippen MR) is 130 cm³/mol. The quantitative estimate of drug-likeness (QED) is 0.432. The van der Waals surface area contributed by atoms with Gasteiger partial charge in [-0.25, -0.2) is 4.79 Å². The van der Waals surface area contributed by atoms with Crippen molar-refractivity contribution >= 4 is 17.5 Å². The number of likely N-dealkylation sites (tertiary alicyclic amines) is 1. The van der Waals surface area contributed by atoms with Crippen LogP contribution in [0.2, 0.25) is 0 Å². The molecular weight excluding hydrogens is 495 g/mol. The highest BCUT2D eigenvalue weighted by atomic mass is 19.4. The Kier molecular flexibility index (Phi) is 9.79. The minimum atomic E-state index is -5.08. The van der Waals surface area contributed by atoms with Gasteiger partial charge in [0.05, 0.1) is 19.9 Å². The number of nitriles is 1. The topological polar surface area (TPSA) is 143 Å². The summed E-state index contributed by atoms with van der Waals surface area (Å²) in [5.41, 5.74) is 8.89. The number of nitrogens with zero attached hydrogens (tertiary/aromatic N) is 3. The Morgan fingerprint density at radius 1 is 1.27 bits per heavy atom. The van der Waals surface area contributed by atoms with Crippen molar-refractivity contribution in [3.05, 3.63) is 28.8 Å². The van der Waals surface area contributed by atoms with Crippen LogP contribution in [0.15, 0.2) is 12.1 Å². The lowest BCUT2D eigenvalue weighted by atomic mass is 9.98. The number of hydrogen-bond donors (Lipinski definition) is 3. The first-order valence-electron chi connectivity index (χ1n) is 11.0. The third kappa shape index (κ3) is 6.85. The third-order valence-electron chi connectivity index (χ3n) is 5.71. The molecule has 0 spiro atoms. The van der Waals surface area contributed by atoms with Gasteiger partial charge in [0.15, 0.2) is 11.5 Å². The van der Waals surface area contributed by atoms with Crippen LogP contribution in [0.1, 0.15) is 37.0 Å². The minimum Gasteiger partial charge on any atom is -0.493 e. The molecule has 1 fully saturated rings. The highest BCUT2D eigenvalue weighted by Crippen LogP contribution is 2.45. The van der Waals surface area contributed by atoms with Gasteiger partial charge in [0.25, 0.3) is 0 Å². The number of halogens is 3. The van der Waals surface area contributed by atoms with Crippen molar-refractivity contribution in [1.82, 2.24) is 9.88 Å². The van der Waals surface area contributed by atoms with Crippen LogP contribution in [0.4, 0.5) is 24.7 Å². The van der Waals surface area contributed by atoms with Crippen LogP contribution in [0.3, 0.4) is 0 Å². The Labute approximate surface area is 212 Å². The molecule has 4 N–H and O–H groups in total. The molecule has 37 heavy (non-hydrogen) atoms. The highest BCUT2D eigenvalue weighted by Gasteiger charge is 2.38. The maximum absolute atomic E-state index is 10.6. The van der Waals surface area contributed by atoms with Gasteiger partial charge < -0.3 is 35.3 Å². The van der Waals surface area contributed by atoms with Crippen LogP contribution in [-0.4, -0.2) is 67.5 Å². The van der Waals surface area contributed by atoms with Gasteiger partial charge in [0.1, 0.15) is 23.2 Å². The number of nitrogens with two attached hydrogens (primary N) is 1. The molecule has 1 aromatic heterocycles. The number of nitrogen functional groups attached to an aromatic ring is 1. The van der Waals surface area contributed by atoms with E-state index in [9.17, 15) is 18.4 Å². The number of methoxy groups -OCH3 is 2. The number of carboxylic acid groups (broad SMARTS) is 1. The largest absolute Gasteiger partial charge is 0.493 e. The number of carbonyl (C=O) groups is 1. The average molecular weight is 526 g/mol. The van der Waals surface area contributed by atoms with Gasteiger partial charge in [-0.2, -0.15) is 23.4 Å². The molecule has 1 aromatic carbocycles. The van der Waals surface area contributed by atoms with E-state index < -0.39 is 12.1 Å². The van der Waals surface area contributed by atoms with Crippen LogP contribution in [0.25, 0.3) is 0 Å². The molecule has 4 rings (SSSR count). The number of ether oxygens (including phenoxy) is 3. The van der Waals surface area contributed by atoms with Crippen LogP contribution >= 0.6 is 0 Å². The lowest BCUT2D eigenvalue weighted by molar-refractivity contribution is -0.192. The second-order valence-electron chi connectivity index (χ2n) is 8.01. The normalized spacial score (nSPS) is 13.9. The number of aliphatic carboxylic acids is 1. The molecular formula is C24H30F3N5O5. The van der Waals surface area contributed by atoms with Gasteiger partial charge in [0.2, 0.25) is 5.88 Å². The summed E-state index contributed by atoms with van der Waals surface area (Å²) in [6.45, 7) is 3.90. The Hall–Kier alpha value is -3.92. The fourth-order valence-electron chi connectivity index (χ4n) is 3.95. The van der Waals surface area contributed by atoms with Gasteiger partial charge in [-0.3, -0.25) is 0 Å². The van der Waals surface area contributed by atoms with E-state index in [0.29, 0.717) is 40.8 Å². The monoisotopic (exact) mass is 525 g/mol. The first-order chi connectivity index (χ1) is 17.1. The lowest BCUT2D eigenvalue weighted by Crippen LogP contribution is -2.26. The molecule has 13 heteroatoms. The van der Waals surface area contributed by atoms with Crippen molar-refractivity contribution < 1.29 is 37.3 Å². The number of anilines is 2. The van der Waals surface area contributed by atoms with Crippen LogP contribution < -0.4 is 25.3 Å². The number of aromatic nitrogens is 1. The zero-order valence-corrected chi connectivity index (χ0v) is 19.7. The van der Waals surface area contributed by atoms with Crippen molar-refractivity contribution in [1.29, 1.82) is 5.26 Å². The molecule has 0 unspecified atom stereocenters. The van der Waals surface area contributed by atoms with Crippen molar-refractivity contribution in [2.24, 2.45) is 0 Å². The number of carboxylic acids is 1. The van der Waals surface area contributed by atoms with Gasteiger partial charge in [0, 0.05) is 36.7 Å². The van der Waals surface area contributed by atoms with E-state index >= 15 is 0 Å². The lowest BCUT2D eigenvalue weighted by Gasteiger charge is -2.25. The number of pyridine rings is 1. The van der Waals surface area contributed by atoms with Crippen molar-refractivity contribution in [2.45, 2.75) is 32.9 Å². The summed E-state index contributed by atoms with van der Waals surface area (Å²) in [4.78, 5) is 15.6. The highest BCUT2D eigenvalue weighted by molar-refractivity contribution is 5.75. The van der Waals surface area contributed by atoms with E-state index in [0.717, 1.165) is 37.3 Å². The number of hydrogen-bond acceptors (Lipinski definition) is 9. The van der Waals surface area contributed by atoms with Crippen molar-refractivity contribution in [3.8, 4) is 29.2 Å². The number of rotatable bonds is 6. The molecule has 0 amide bonds. The molecule has 0 aliphatic carbocycles. The van der Waals surface area contributed by atoms with E-state index in [1.807, 2.05) is 6.07 Å². The predicted octanol–water partition coefficient (Wildman–Crippen LogP) is 4.03. The summed E-state index contributed by atoms with van der Waals surface area (Å²) in [6, 6.07) is 5.88. The summed E-state index contributed by atoms with van der Waals surface area (Å²) in [5.74, 6) is -0.308. The van der Waals surface area contributed by atoms with E-state index in [4.69, 9.17) is 29.8 Å². The van der Waals surface area contributed by atoms with Crippen LogP contribution in [0.5, 0.6) is 23.1 Å². The van der Waals surface area contributed by atoms with Gasteiger partial charge >= 0.3 is 12.1 Å². The Morgan fingerprint density at radius 2 is 1.86 bits per heavy atom. The fourth-order valence-corrected chi connectivity index (χ4v) is 3.95. The first-order valence-corrected chi connectivity index (χ1v) is 11.0. The Bertz CT molecular complexity index is 1160. The molecule has 0 atom stereocenters. The molecule has 1 saturated heterocycles. The maximum Gasteiger partial charge on any atom is 0.490 e. The van der Waals surface area contributed by atoms with Crippen molar-refractivity contribution in [2.75, 3.05) is 51.4 Å². The Balaban J connectivity index is 0.000000532. The summed E-state index contributed by atoms with van der Waals surface area (Å²) in [7, 11) is 3.18. The summed E-state index contributed by atoms with van der Waals surface area (Å²) >= 11 is 0. The summed E-state index contributed by atoms with van der Waals surface area (Å²) < 4.78 is 48.6. The SMILES string of the molecule is C.COc1cc2c(cc1OC)Oc1nc(N)c(C#N)c(NCCN3CCCC3)c1C2.O=C(O)C(F)(F)F. The maximum atomic E-state index is 10.6. The van der Waals surface area contributed by atoms with E-state index in [-0.39, 0.29) is 13.2 Å². The molecule has 10 nitrogen and oxygen atoms in total. The Morgan fingerprint density at radius 3 is 2.41 bits per heavy atom. The third-order valence-corrected chi connectivity index (χ3v) is 5.71. The molecule has 0 saturated carbocycles. The number of fused-ring (bicyclic) bond motifs is 2. The number of nitrogens with one attached hydrogen (secondary N) is 1. The average Bonchev–Trinajstić information content (AvgIpc) is 3.35. The van der Waals surface area contributed by atoms with Gasteiger partial charge in [-0.05, 0) is 32.0 Å². The molecule has 2 aromatic rings. The first kappa shape index (κ1) is 29.3. The second kappa shape index (κ2) is 12.4. The van der Waals surface area contributed by atoms with Gasteiger partial charge in [-0.15, -0.1) is 0 Å². The summed E-state index contributed by atoms with van der Waals surface area (Å²) in [5, 5.41) is 20.2. The zero-order chi connectivity index (χ0) is 26.5. The van der Waals surface area contributed by atoms with Gasteiger partial charge in [-0.1, -0.05) is 7.43 Å². The van der Waals surface area contributed by atoms with Crippen LogP contribution in [0, 0.1) is 11.3 Å². The number of benzene rings is 1. The van der Waals surface area contributed by atoms with E-state index in [2.05, 4.69) is 21.3 Å². The molecule has 0 bridgehead atoms. The van der Waals surface area contributed by atoms with Crippen LogP contribution in [-0.2, 0) is 11.2 Å². The smallest absolute Gasteiger partial charge is 0.490 e. The summed E-state index contributed by atoms with van der Waals surface area (Å²) in [6.07, 6.45) is -2.03. The van der Waals surface area contributed by atoms with E-state index in [1.54, 1.807) is 20.3 Å². The molecule has 0 radical (unpaired) electrons. The molecule has 2 aliphatic heterocycles. The molecule has 3 heterocycles. The molecule has 202 valence electrons. The van der Waals surface area contributed by atoms with Crippen molar-refractivity contribution in [3.63, 3.8) is 0 Å². The second-order valence-corrected chi connectivity index (χ2v) is 8.01. The zero-order valence-electron chi connectivity index (χ0n) is 19.7. The number of alkyl halides is 3. The van der Waals surface area contributed by atoms with E-state index in [1.165, 1.54) is 12.8 Å². The minimum absolute atomic E-state index is 0.